The zero-order valence-electron chi connectivity index (χ0n) is 14.2. The summed E-state index contributed by atoms with van der Waals surface area (Å²) < 4.78 is 0. The SMILES string of the molecule is CSCCC(N)c1nc(C(=O)NC2C3CC4CC(C3)CC2C4)cs1. The smallest absolute Gasteiger partial charge is 0.270 e. The number of hydrogen-bond acceptors (Lipinski definition) is 5. The minimum atomic E-state index is -0.0508. The van der Waals surface area contributed by atoms with E-state index in [1.165, 1.54) is 43.4 Å². The lowest BCUT2D eigenvalue weighted by atomic mass is 9.54. The van der Waals surface area contributed by atoms with Crippen molar-refractivity contribution in [1.82, 2.24) is 10.3 Å². The van der Waals surface area contributed by atoms with Crippen molar-refractivity contribution in [2.24, 2.45) is 29.4 Å². The fourth-order valence-electron chi connectivity index (χ4n) is 5.32. The van der Waals surface area contributed by atoms with E-state index in [4.69, 9.17) is 5.73 Å². The Morgan fingerprint density at radius 2 is 2.00 bits per heavy atom. The zero-order chi connectivity index (χ0) is 16.7. The number of thiazole rings is 1. The van der Waals surface area contributed by atoms with Gasteiger partial charge in [0.25, 0.3) is 5.91 Å². The molecule has 0 aliphatic heterocycles. The van der Waals surface area contributed by atoms with Crippen LogP contribution in [0.15, 0.2) is 5.38 Å². The molecule has 4 aliphatic rings. The molecule has 3 N–H and O–H groups in total. The molecule has 4 saturated carbocycles. The van der Waals surface area contributed by atoms with E-state index in [2.05, 4.69) is 16.6 Å². The highest BCUT2D eigenvalue weighted by Gasteiger charge is 2.48. The van der Waals surface area contributed by atoms with Gasteiger partial charge in [-0.25, -0.2) is 4.98 Å². The van der Waals surface area contributed by atoms with Gasteiger partial charge < -0.3 is 11.1 Å². The molecular formula is C18H27N3OS2. The summed E-state index contributed by atoms with van der Waals surface area (Å²) >= 11 is 3.31. The van der Waals surface area contributed by atoms with Gasteiger partial charge in [-0.2, -0.15) is 11.8 Å². The number of hydrogen-bond donors (Lipinski definition) is 2. The van der Waals surface area contributed by atoms with E-state index in [1.807, 2.05) is 5.38 Å². The van der Waals surface area contributed by atoms with E-state index in [9.17, 15) is 4.79 Å². The Balaban J connectivity index is 1.39. The van der Waals surface area contributed by atoms with Gasteiger partial charge in [0.1, 0.15) is 10.7 Å². The molecule has 0 saturated heterocycles. The average molecular weight is 366 g/mol. The Morgan fingerprint density at radius 3 is 2.62 bits per heavy atom. The molecule has 6 heteroatoms. The van der Waals surface area contributed by atoms with E-state index in [1.54, 1.807) is 11.8 Å². The molecule has 1 unspecified atom stereocenters. The number of thioether (sulfide) groups is 1. The van der Waals surface area contributed by atoms with Gasteiger partial charge in [0.2, 0.25) is 0 Å². The van der Waals surface area contributed by atoms with Crippen molar-refractivity contribution in [2.45, 2.75) is 50.6 Å². The summed E-state index contributed by atoms with van der Waals surface area (Å²) in [7, 11) is 0. The number of nitrogens with two attached hydrogens (primary N) is 1. The number of amides is 1. The Bertz CT molecular complexity index is 575. The molecule has 4 nitrogen and oxygen atoms in total. The molecule has 1 aromatic heterocycles. The second-order valence-electron chi connectivity index (χ2n) is 7.89. The lowest BCUT2D eigenvalue weighted by molar-refractivity contribution is -0.0120. The Morgan fingerprint density at radius 1 is 1.33 bits per heavy atom. The van der Waals surface area contributed by atoms with E-state index in [0.717, 1.165) is 29.0 Å². The first kappa shape index (κ1) is 16.9. The summed E-state index contributed by atoms with van der Waals surface area (Å²) in [6.45, 7) is 0. The fraction of sp³-hybridized carbons (Fsp3) is 0.778. The van der Waals surface area contributed by atoms with Crippen LogP contribution in [0.25, 0.3) is 0 Å². The number of nitrogens with one attached hydrogen (secondary N) is 1. The molecule has 0 aromatic carbocycles. The molecule has 1 atom stereocenters. The summed E-state index contributed by atoms with van der Waals surface area (Å²) in [4.78, 5) is 17.2. The van der Waals surface area contributed by atoms with Gasteiger partial charge >= 0.3 is 0 Å². The summed E-state index contributed by atoms with van der Waals surface area (Å²) in [6, 6.07) is 0.325. The molecule has 0 spiro atoms. The molecule has 0 radical (unpaired) electrons. The van der Waals surface area contributed by atoms with Crippen LogP contribution in [0.1, 0.15) is 60.1 Å². The summed E-state index contributed by atoms with van der Waals surface area (Å²) in [5.41, 5.74) is 6.74. The topological polar surface area (TPSA) is 68.0 Å². The molecule has 1 aromatic rings. The van der Waals surface area contributed by atoms with Crippen molar-refractivity contribution in [3.63, 3.8) is 0 Å². The standard InChI is InChI=1S/C18H27N3OS2/c1-23-3-2-14(19)18-20-15(9-24-18)17(22)21-16-12-5-10-4-11(7-12)8-13(16)6-10/h9-14,16H,2-8,19H2,1H3,(H,21,22). The maximum atomic E-state index is 12.7. The van der Waals surface area contributed by atoms with Gasteiger partial charge in [0, 0.05) is 11.4 Å². The first-order valence-electron chi connectivity index (χ1n) is 9.14. The second kappa shape index (κ2) is 6.96. The van der Waals surface area contributed by atoms with Crippen LogP contribution in [0.3, 0.4) is 0 Å². The lowest BCUT2D eigenvalue weighted by Gasteiger charge is -2.54. The lowest BCUT2D eigenvalue weighted by Crippen LogP contribution is -2.55. The monoisotopic (exact) mass is 365 g/mol. The van der Waals surface area contributed by atoms with Crippen LogP contribution in [0.2, 0.25) is 0 Å². The van der Waals surface area contributed by atoms with Crippen molar-refractivity contribution >= 4 is 29.0 Å². The molecule has 24 heavy (non-hydrogen) atoms. The quantitative estimate of drug-likeness (QED) is 0.810. The molecule has 1 heterocycles. The molecule has 4 aliphatic carbocycles. The van der Waals surface area contributed by atoms with E-state index in [0.29, 0.717) is 23.6 Å². The Hall–Kier alpha value is -0.590. The molecular weight excluding hydrogens is 338 g/mol. The molecule has 132 valence electrons. The first-order chi connectivity index (χ1) is 11.6. The van der Waals surface area contributed by atoms with Gasteiger partial charge in [-0.1, -0.05) is 0 Å². The van der Waals surface area contributed by atoms with E-state index >= 15 is 0 Å². The van der Waals surface area contributed by atoms with Gasteiger partial charge in [0.15, 0.2) is 0 Å². The Labute approximate surface area is 152 Å². The van der Waals surface area contributed by atoms with Crippen molar-refractivity contribution in [1.29, 1.82) is 0 Å². The van der Waals surface area contributed by atoms with Crippen LogP contribution in [-0.2, 0) is 0 Å². The van der Waals surface area contributed by atoms with Crippen LogP contribution in [0.4, 0.5) is 0 Å². The Kier molecular flexibility index (Phi) is 4.89. The fourth-order valence-corrected chi connectivity index (χ4v) is 6.64. The van der Waals surface area contributed by atoms with Crippen molar-refractivity contribution in [3.8, 4) is 0 Å². The normalized spacial score (nSPS) is 35.2. The minimum Gasteiger partial charge on any atom is -0.347 e. The average Bonchev–Trinajstić information content (AvgIpc) is 3.05. The van der Waals surface area contributed by atoms with Crippen LogP contribution < -0.4 is 11.1 Å². The number of carbonyl (C=O) groups is 1. The largest absolute Gasteiger partial charge is 0.347 e. The third-order valence-electron chi connectivity index (χ3n) is 6.23. The number of rotatable bonds is 6. The summed E-state index contributed by atoms with van der Waals surface area (Å²) in [6.07, 6.45) is 9.71. The highest BCUT2D eigenvalue weighted by molar-refractivity contribution is 7.98. The van der Waals surface area contributed by atoms with Crippen molar-refractivity contribution in [3.05, 3.63) is 16.1 Å². The third-order valence-corrected chi connectivity index (χ3v) is 7.85. The predicted octanol–water partition coefficient (Wildman–Crippen LogP) is 3.45. The van der Waals surface area contributed by atoms with E-state index < -0.39 is 0 Å². The van der Waals surface area contributed by atoms with Crippen LogP contribution >= 0.6 is 23.1 Å². The molecule has 4 bridgehead atoms. The van der Waals surface area contributed by atoms with Crippen LogP contribution in [0, 0.1) is 23.7 Å². The summed E-state index contributed by atoms with van der Waals surface area (Å²) in [5.74, 6) is 4.30. The highest BCUT2D eigenvalue weighted by Crippen LogP contribution is 2.53. The van der Waals surface area contributed by atoms with Crippen LogP contribution in [0.5, 0.6) is 0 Å². The molecule has 5 rings (SSSR count). The maximum absolute atomic E-state index is 12.7. The van der Waals surface area contributed by atoms with Crippen LogP contribution in [-0.4, -0.2) is 28.9 Å². The number of nitrogens with zero attached hydrogens (tertiary/aromatic N) is 1. The predicted molar refractivity (Wildman–Crippen MR) is 100 cm³/mol. The molecule has 4 fully saturated rings. The first-order valence-corrected chi connectivity index (χ1v) is 11.4. The van der Waals surface area contributed by atoms with Gasteiger partial charge in [0.05, 0.1) is 6.04 Å². The van der Waals surface area contributed by atoms with Gasteiger partial charge in [-0.05, 0) is 74.2 Å². The number of aromatic nitrogens is 1. The van der Waals surface area contributed by atoms with Crippen molar-refractivity contribution < 1.29 is 4.79 Å². The van der Waals surface area contributed by atoms with Gasteiger partial charge in [-0.15, -0.1) is 11.3 Å². The maximum Gasteiger partial charge on any atom is 0.270 e. The van der Waals surface area contributed by atoms with Gasteiger partial charge in [-0.3, -0.25) is 4.79 Å². The summed E-state index contributed by atoms with van der Waals surface area (Å²) in [5, 5.41) is 6.10. The zero-order valence-corrected chi connectivity index (χ0v) is 15.9. The molecule has 1 amide bonds. The van der Waals surface area contributed by atoms with E-state index in [-0.39, 0.29) is 11.9 Å². The number of carbonyl (C=O) groups excluding carboxylic acids is 1. The third kappa shape index (κ3) is 3.25. The van der Waals surface area contributed by atoms with Crippen molar-refractivity contribution in [2.75, 3.05) is 12.0 Å². The second-order valence-corrected chi connectivity index (χ2v) is 9.76. The minimum absolute atomic E-state index is 0.00652. The highest BCUT2D eigenvalue weighted by atomic mass is 32.2.